The lowest BCUT2D eigenvalue weighted by Crippen LogP contribution is -2.49. The number of aryl methyl sites for hydroxylation is 1. The summed E-state index contributed by atoms with van der Waals surface area (Å²) in [6.07, 6.45) is -2.78. The smallest absolute Gasteiger partial charge is 0.377 e. The number of morpholine rings is 1. The summed E-state index contributed by atoms with van der Waals surface area (Å²) in [7, 11) is 1.72. The highest BCUT2D eigenvalue weighted by molar-refractivity contribution is 6.04. The normalized spacial score (nSPS) is 19.4. The van der Waals surface area contributed by atoms with E-state index >= 15 is 0 Å². The topological polar surface area (TPSA) is 63.7 Å². The van der Waals surface area contributed by atoms with Crippen LogP contribution in [0.25, 0.3) is 11.1 Å². The van der Waals surface area contributed by atoms with Gasteiger partial charge in [-0.15, -0.1) is 0 Å². The van der Waals surface area contributed by atoms with Crippen LogP contribution in [0, 0.1) is 6.92 Å². The number of fused-ring (bicyclic) bond motifs is 3. The number of alkyl halides is 3. The predicted octanol–water partition coefficient (Wildman–Crippen LogP) is 5.62. The van der Waals surface area contributed by atoms with E-state index in [1.54, 1.807) is 13.2 Å². The number of carbonyl (C=O) groups is 1. The minimum atomic E-state index is -4.62. The van der Waals surface area contributed by atoms with Gasteiger partial charge in [-0.1, -0.05) is 18.2 Å². The number of rotatable bonds is 4. The van der Waals surface area contributed by atoms with Crippen LogP contribution in [0.2, 0.25) is 0 Å². The van der Waals surface area contributed by atoms with Gasteiger partial charge < -0.3 is 19.7 Å². The van der Waals surface area contributed by atoms with Crippen molar-refractivity contribution in [3.63, 3.8) is 0 Å². The van der Waals surface area contributed by atoms with E-state index < -0.39 is 17.8 Å². The zero-order valence-electron chi connectivity index (χ0n) is 19.9. The van der Waals surface area contributed by atoms with Gasteiger partial charge in [-0.3, -0.25) is 9.78 Å². The molecule has 0 radical (unpaired) electrons. The number of anilines is 2. The van der Waals surface area contributed by atoms with Gasteiger partial charge in [0.2, 0.25) is 0 Å². The van der Waals surface area contributed by atoms with Crippen LogP contribution in [0.1, 0.15) is 39.7 Å². The van der Waals surface area contributed by atoms with E-state index in [1.807, 2.05) is 25.1 Å². The molecule has 3 heterocycles. The van der Waals surface area contributed by atoms with Gasteiger partial charge in [0.15, 0.2) is 0 Å². The van der Waals surface area contributed by atoms with Gasteiger partial charge in [-0.2, -0.15) is 13.2 Å². The largest absolute Gasteiger partial charge is 0.433 e. The van der Waals surface area contributed by atoms with Crippen molar-refractivity contribution in [2.24, 2.45) is 0 Å². The molecule has 1 N–H and O–H groups in total. The van der Waals surface area contributed by atoms with E-state index in [-0.39, 0.29) is 17.7 Å². The Kier molecular flexibility index (Phi) is 6.44. The number of ether oxygens (including phenoxy) is 2. The average Bonchev–Trinajstić information content (AvgIpc) is 2.88. The number of hydrogen-bond donors (Lipinski definition) is 1. The van der Waals surface area contributed by atoms with Crippen LogP contribution < -0.4 is 10.2 Å². The highest BCUT2D eigenvalue weighted by atomic mass is 19.4. The number of methoxy groups -OCH3 is 1. The Bertz CT molecular complexity index is 1290. The summed E-state index contributed by atoms with van der Waals surface area (Å²) in [6, 6.07) is 14.0. The zero-order valence-corrected chi connectivity index (χ0v) is 19.9. The van der Waals surface area contributed by atoms with E-state index in [4.69, 9.17) is 9.47 Å². The fourth-order valence-electron chi connectivity index (χ4n) is 4.94. The standard InChI is InChI=1S/C27H26F3N3O3/c1-16-3-5-19(32-26(34)18-7-8-31-25(12-18)27(28,29)30)13-22(16)17-4-6-21-23(11-17)33-9-10-36-15-20(33)14-24(21)35-2/h3-8,11-13,20,24H,9-10,14-15H2,1-2H3,(H,32,34). The summed E-state index contributed by atoms with van der Waals surface area (Å²) in [5, 5.41) is 2.72. The molecule has 1 saturated heterocycles. The molecule has 0 bridgehead atoms. The minimum Gasteiger partial charge on any atom is -0.377 e. The SMILES string of the molecule is COC1CC2COCCN2c2cc(-c3cc(NC(=O)c4ccnc(C(F)(F)F)c4)ccc3C)ccc21. The first-order valence-electron chi connectivity index (χ1n) is 11.7. The molecule has 188 valence electrons. The number of halogens is 3. The maximum Gasteiger partial charge on any atom is 0.433 e. The Hall–Kier alpha value is -3.43. The molecule has 2 atom stereocenters. The van der Waals surface area contributed by atoms with E-state index in [9.17, 15) is 18.0 Å². The van der Waals surface area contributed by atoms with Gasteiger partial charge in [0, 0.05) is 48.8 Å². The number of nitrogens with zero attached hydrogens (tertiary/aromatic N) is 2. The van der Waals surface area contributed by atoms with Crippen LogP contribution in [0.5, 0.6) is 0 Å². The molecule has 1 aromatic heterocycles. The lowest BCUT2D eigenvalue weighted by molar-refractivity contribution is -0.141. The van der Waals surface area contributed by atoms with Crippen LogP contribution in [-0.2, 0) is 15.7 Å². The quantitative estimate of drug-likeness (QED) is 0.507. The van der Waals surface area contributed by atoms with Crippen LogP contribution in [-0.4, -0.2) is 43.8 Å². The van der Waals surface area contributed by atoms with Crippen molar-refractivity contribution >= 4 is 17.3 Å². The molecule has 6 nitrogen and oxygen atoms in total. The third-order valence-corrected chi connectivity index (χ3v) is 6.80. The molecule has 0 saturated carbocycles. The Balaban J connectivity index is 1.45. The minimum absolute atomic E-state index is 0.00864. The molecular formula is C27H26F3N3O3. The third kappa shape index (κ3) is 4.68. The molecule has 0 spiro atoms. The highest BCUT2D eigenvalue weighted by Crippen LogP contribution is 2.42. The lowest BCUT2D eigenvalue weighted by atomic mass is 9.89. The van der Waals surface area contributed by atoms with Gasteiger partial charge in [0.25, 0.3) is 5.91 Å². The van der Waals surface area contributed by atoms with Crippen LogP contribution in [0.4, 0.5) is 24.5 Å². The molecule has 2 unspecified atom stereocenters. The van der Waals surface area contributed by atoms with Crippen molar-refractivity contribution in [3.05, 3.63) is 77.1 Å². The molecule has 1 fully saturated rings. The Labute approximate surface area is 207 Å². The van der Waals surface area contributed by atoms with Gasteiger partial charge in [0.1, 0.15) is 5.69 Å². The predicted molar refractivity (Wildman–Crippen MR) is 130 cm³/mol. The first-order chi connectivity index (χ1) is 17.2. The number of carbonyl (C=O) groups excluding carboxylic acids is 1. The zero-order chi connectivity index (χ0) is 25.4. The molecule has 2 aliphatic rings. The summed E-state index contributed by atoms with van der Waals surface area (Å²) < 4.78 is 50.5. The molecule has 2 aliphatic heterocycles. The summed E-state index contributed by atoms with van der Waals surface area (Å²) in [4.78, 5) is 18.4. The second kappa shape index (κ2) is 9.55. The van der Waals surface area contributed by atoms with E-state index in [0.29, 0.717) is 18.9 Å². The Morgan fingerprint density at radius 2 is 2.00 bits per heavy atom. The number of aromatic nitrogens is 1. The molecule has 0 aliphatic carbocycles. The van der Waals surface area contributed by atoms with Gasteiger partial charge in [0.05, 0.1) is 25.4 Å². The van der Waals surface area contributed by atoms with Crippen molar-refractivity contribution in [1.82, 2.24) is 4.98 Å². The maximum absolute atomic E-state index is 13.0. The maximum atomic E-state index is 13.0. The molecule has 9 heteroatoms. The first kappa shape index (κ1) is 24.3. The number of nitrogens with one attached hydrogen (secondary N) is 1. The number of hydrogen-bond acceptors (Lipinski definition) is 5. The van der Waals surface area contributed by atoms with Crippen molar-refractivity contribution in [3.8, 4) is 11.1 Å². The fraction of sp³-hybridized carbons (Fsp3) is 0.333. The summed E-state index contributed by atoms with van der Waals surface area (Å²) >= 11 is 0. The van der Waals surface area contributed by atoms with Gasteiger partial charge in [-0.25, -0.2) is 0 Å². The molecule has 36 heavy (non-hydrogen) atoms. The molecular weight excluding hydrogens is 471 g/mol. The second-order valence-corrected chi connectivity index (χ2v) is 9.07. The lowest BCUT2D eigenvalue weighted by Gasteiger charge is -2.44. The molecule has 2 aromatic carbocycles. The third-order valence-electron chi connectivity index (χ3n) is 6.80. The van der Waals surface area contributed by atoms with Crippen molar-refractivity contribution in [2.75, 3.05) is 37.1 Å². The monoisotopic (exact) mass is 497 g/mol. The van der Waals surface area contributed by atoms with Crippen molar-refractivity contribution < 1.29 is 27.4 Å². The average molecular weight is 498 g/mol. The van der Waals surface area contributed by atoms with Crippen molar-refractivity contribution in [2.45, 2.75) is 31.7 Å². The van der Waals surface area contributed by atoms with Gasteiger partial charge in [-0.05, 0) is 53.9 Å². The Morgan fingerprint density at radius 3 is 2.78 bits per heavy atom. The van der Waals surface area contributed by atoms with Crippen LogP contribution >= 0.6 is 0 Å². The summed E-state index contributed by atoms with van der Waals surface area (Å²) in [6.45, 7) is 4.12. The molecule has 5 rings (SSSR count). The van der Waals surface area contributed by atoms with Crippen molar-refractivity contribution in [1.29, 1.82) is 0 Å². The van der Waals surface area contributed by atoms with E-state index in [0.717, 1.165) is 53.2 Å². The van der Waals surface area contributed by atoms with Gasteiger partial charge >= 0.3 is 6.18 Å². The fourth-order valence-corrected chi connectivity index (χ4v) is 4.94. The molecule has 3 aromatic rings. The number of pyridine rings is 1. The number of benzene rings is 2. The first-order valence-corrected chi connectivity index (χ1v) is 11.7. The second-order valence-electron chi connectivity index (χ2n) is 9.07. The highest BCUT2D eigenvalue weighted by Gasteiger charge is 2.35. The van der Waals surface area contributed by atoms with E-state index in [1.165, 1.54) is 6.07 Å². The summed E-state index contributed by atoms with van der Waals surface area (Å²) in [5.41, 5.74) is 4.43. The van der Waals surface area contributed by atoms with Crippen LogP contribution in [0.3, 0.4) is 0 Å². The van der Waals surface area contributed by atoms with Crippen LogP contribution in [0.15, 0.2) is 54.7 Å². The number of amides is 1. The molecule has 1 amide bonds. The Morgan fingerprint density at radius 1 is 1.17 bits per heavy atom. The summed E-state index contributed by atoms with van der Waals surface area (Å²) in [5.74, 6) is -0.637. The van der Waals surface area contributed by atoms with E-state index in [2.05, 4.69) is 27.3 Å².